The van der Waals surface area contributed by atoms with Crippen LogP contribution in [0.2, 0.25) is 0 Å². The van der Waals surface area contributed by atoms with Crippen LogP contribution in [0.4, 0.5) is 0 Å². The number of pyridine rings is 1. The molecule has 3 N–H and O–H groups in total. The van der Waals surface area contributed by atoms with E-state index in [0.29, 0.717) is 11.1 Å². The van der Waals surface area contributed by atoms with Crippen LogP contribution in [-0.2, 0) is 0 Å². The Balaban J connectivity index is 2.15. The highest BCUT2D eigenvalue weighted by Crippen LogP contribution is 2.44. The van der Waals surface area contributed by atoms with E-state index in [1.54, 1.807) is 18.5 Å². The Morgan fingerprint density at radius 2 is 2.39 bits per heavy atom. The Kier molecular flexibility index (Phi) is 3.35. The summed E-state index contributed by atoms with van der Waals surface area (Å²) in [5.74, 6) is 5.52. The average molecular weight is 243 g/mol. The molecule has 94 valence electrons. The molecule has 1 amide bonds. The third-order valence-electron chi connectivity index (χ3n) is 3.21. The van der Waals surface area contributed by atoms with Crippen molar-refractivity contribution < 1.29 is 4.79 Å². The van der Waals surface area contributed by atoms with E-state index < -0.39 is 0 Å². The van der Waals surface area contributed by atoms with Gasteiger partial charge in [0.15, 0.2) is 0 Å². The maximum atomic E-state index is 12.1. The van der Waals surface area contributed by atoms with Crippen LogP contribution in [-0.4, -0.2) is 23.5 Å². The van der Waals surface area contributed by atoms with Gasteiger partial charge < -0.3 is 11.1 Å². The first-order valence-electron chi connectivity index (χ1n) is 5.98. The van der Waals surface area contributed by atoms with Crippen molar-refractivity contribution in [2.45, 2.75) is 26.3 Å². The zero-order valence-electron chi connectivity index (χ0n) is 10.7. The molecule has 18 heavy (non-hydrogen) atoms. The molecule has 4 nitrogen and oxygen atoms in total. The van der Waals surface area contributed by atoms with Gasteiger partial charge in [-0.15, -0.1) is 0 Å². The van der Waals surface area contributed by atoms with Gasteiger partial charge in [-0.05, 0) is 17.9 Å². The third-order valence-corrected chi connectivity index (χ3v) is 3.21. The summed E-state index contributed by atoms with van der Waals surface area (Å²) in [6.07, 6.45) is 4.21. The Morgan fingerprint density at radius 1 is 1.67 bits per heavy atom. The van der Waals surface area contributed by atoms with Gasteiger partial charge in [-0.25, -0.2) is 0 Å². The molecular formula is C14H17N3O. The number of nitrogens with one attached hydrogen (secondary N) is 1. The summed E-state index contributed by atoms with van der Waals surface area (Å²) < 4.78 is 0. The number of carbonyl (C=O) groups excluding carboxylic acids is 1. The molecule has 1 unspecified atom stereocenters. The second-order valence-electron chi connectivity index (χ2n) is 5.15. The summed E-state index contributed by atoms with van der Waals surface area (Å²) in [4.78, 5) is 16.1. The second-order valence-corrected chi connectivity index (χ2v) is 5.15. The van der Waals surface area contributed by atoms with Crippen molar-refractivity contribution in [1.29, 1.82) is 0 Å². The average Bonchev–Trinajstić information content (AvgIpc) is 2.94. The lowest BCUT2D eigenvalue weighted by Gasteiger charge is -2.08. The molecule has 0 aromatic carbocycles. The molecule has 1 saturated carbocycles. The maximum Gasteiger partial charge on any atom is 0.252 e. The number of nitrogens with zero attached hydrogens (tertiary/aromatic N) is 1. The SMILES string of the molecule is CC1(C)CC1NC(=O)c1ccncc1C#CCN. The Bertz CT molecular complexity index is 525. The van der Waals surface area contributed by atoms with Crippen LogP contribution < -0.4 is 11.1 Å². The van der Waals surface area contributed by atoms with Gasteiger partial charge in [-0.1, -0.05) is 25.7 Å². The quantitative estimate of drug-likeness (QED) is 0.759. The highest BCUT2D eigenvalue weighted by Gasteiger charge is 2.46. The molecule has 1 atom stereocenters. The van der Waals surface area contributed by atoms with Crippen LogP contribution in [0.5, 0.6) is 0 Å². The molecule has 0 aliphatic heterocycles. The second kappa shape index (κ2) is 4.79. The number of amides is 1. The van der Waals surface area contributed by atoms with Crippen molar-refractivity contribution in [2.24, 2.45) is 11.1 Å². The minimum absolute atomic E-state index is 0.0886. The van der Waals surface area contributed by atoms with Gasteiger partial charge >= 0.3 is 0 Å². The van der Waals surface area contributed by atoms with Gasteiger partial charge in [0, 0.05) is 18.4 Å². The number of aromatic nitrogens is 1. The lowest BCUT2D eigenvalue weighted by Crippen LogP contribution is -2.29. The van der Waals surface area contributed by atoms with Crippen molar-refractivity contribution >= 4 is 5.91 Å². The van der Waals surface area contributed by atoms with Crippen molar-refractivity contribution in [1.82, 2.24) is 10.3 Å². The number of hydrogen-bond acceptors (Lipinski definition) is 3. The molecular weight excluding hydrogens is 226 g/mol. The number of carbonyl (C=O) groups is 1. The van der Waals surface area contributed by atoms with Gasteiger partial charge in [-0.2, -0.15) is 0 Å². The first-order valence-corrected chi connectivity index (χ1v) is 5.98. The topological polar surface area (TPSA) is 68.0 Å². The molecule has 1 fully saturated rings. The van der Waals surface area contributed by atoms with Crippen LogP contribution in [0, 0.1) is 17.3 Å². The molecule has 1 heterocycles. The van der Waals surface area contributed by atoms with E-state index in [4.69, 9.17) is 5.73 Å². The largest absolute Gasteiger partial charge is 0.349 e. The predicted molar refractivity (Wildman–Crippen MR) is 69.8 cm³/mol. The van der Waals surface area contributed by atoms with E-state index in [1.165, 1.54) is 0 Å². The van der Waals surface area contributed by atoms with Gasteiger partial charge in [0.05, 0.1) is 17.7 Å². The first kappa shape index (κ1) is 12.6. The Hall–Kier alpha value is -1.86. The van der Waals surface area contributed by atoms with E-state index in [1.807, 2.05) is 0 Å². The summed E-state index contributed by atoms with van der Waals surface area (Å²) in [5.41, 5.74) is 6.74. The van der Waals surface area contributed by atoms with E-state index in [-0.39, 0.29) is 23.9 Å². The lowest BCUT2D eigenvalue weighted by molar-refractivity contribution is 0.0946. The molecule has 0 radical (unpaired) electrons. The monoisotopic (exact) mass is 243 g/mol. The van der Waals surface area contributed by atoms with E-state index in [9.17, 15) is 4.79 Å². The molecule has 2 rings (SSSR count). The van der Waals surface area contributed by atoms with Crippen molar-refractivity contribution in [3.05, 3.63) is 29.6 Å². The van der Waals surface area contributed by atoms with E-state index in [0.717, 1.165) is 6.42 Å². The van der Waals surface area contributed by atoms with Crippen molar-refractivity contribution in [3.63, 3.8) is 0 Å². The zero-order chi connectivity index (χ0) is 13.2. The highest BCUT2D eigenvalue weighted by molar-refractivity contribution is 5.97. The van der Waals surface area contributed by atoms with Crippen LogP contribution >= 0.6 is 0 Å². The van der Waals surface area contributed by atoms with Crippen LogP contribution in [0.1, 0.15) is 36.2 Å². The van der Waals surface area contributed by atoms with Crippen LogP contribution in [0.25, 0.3) is 0 Å². The van der Waals surface area contributed by atoms with E-state index in [2.05, 4.69) is 36.0 Å². The van der Waals surface area contributed by atoms with Gasteiger partial charge in [-0.3, -0.25) is 9.78 Å². The summed E-state index contributed by atoms with van der Waals surface area (Å²) in [6, 6.07) is 1.94. The Morgan fingerprint density at radius 3 is 3.00 bits per heavy atom. The maximum absolute atomic E-state index is 12.1. The standard InChI is InChI=1S/C14H17N3O/c1-14(2)8-12(14)17-13(18)11-5-7-16-9-10(11)4-3-6-15/h5,7,9,12H,6,8,15H2,1-2H3,(H,17,18). The number of rotatable bonds is 2. The minimum atomic E-state index is -0.0886. The molecule has 0 spiro atoms. The van der Waals surface area contributed by atoms with Crippen molar-refractivity contribution in [2.75, 3.05) is 6.54 Å². The zero-order valence-corrected chi connectivity index (χ0v) is 10.7. The summed E-state index contributed by atoms with van der Waals surface area (Å²) in [5, 5.41) is 3.01. The van der Waals surface area contributed by atoms with E-state index >= 15 is 0 Å². The normalized spacial score (nSPS) is 19.6. The van der Waals surface area contributed by atoms with Crippen LogP contribution in [0.3, 0.4) is 0 Å². The molecule has 4 heteroatoms. The lowest BCUT2D eigenvalue weighted by atomic mass is 10.1. The number of hydrogen-bond donors (Lipinski definition) is 2. The molecule has 1 aliphatic carbocycles. The first-order chi connectivity index (χ1) is 8.54. The van der Waals surface area contributed by atoms with Gasteiger partial charge in [0.25, 0.3) is 5.91 Å². The van der Waals surface area contributed by atoms with Crippen LogP contribution in [0.15, 0.2) is 18.5 Å². The molecule has 0 bridgehead atoms. The fourth-order valence-electron chi connectivity index (χ4n) is 1.79. The minimum Gasteiger partial charge on any atom is -0.349 e. The highest BCUT2D eigenvalue weighted by atomic mass is 16.1. The third kappa shape index (κ3) is 2.69. The molecule has 1 aromatic heterocycles. The molecule has 1 aliphatic rings. The van der Waals surface area contributed by atoms with Crippen molar-refractivity contribution in [3.8, 4) is 11.8 Å². The smallest absolute Gasteiger partial charge is 0.252 e. The fraction of sp³-hybridized carbons (Fsp3) is 0.429. The van der Waals surface area contributed by atoms with Gasteiger partial charge in [0.1, 0.15) is 0 Å². The molecule has 1 aromatic rings. The predicted octanol–water partition coefficient (Wildman–Crippen LogP) is 0.920. The summed E-state index contributed by atoms with van der Waals surface area (Å²) >= 11 is 0. The number of nitrogens with two attached hydrogens (primary N) is 1. The Labute approximate surface area is 107 Å². The summed E-state index contributed by atoms with van der Waals surface area (Å²) in [6.45, 7) is 4.55. The summed E-state index contributed by atoms with van der Waals surface area (Å²) in [7, 11) is 0. The molecule has 0 saturated heterocycles. The van der Waals surface area contributed by atoms with Gasteiger partial charge in [0.2, 0.25) is 0 Å². The fourth-order valence-corrected chi connectivity index (χ4v) is 1.79.